The number of pyridine rings is 1. The summed E-state index contributed by atoms with van der Waals surface area (Å²) in [6.07, 6.45) is 1.57. The molecule has 0 saturated carbocycles. The Morgan fingerprint density at radius 2 is 2.17 bits per heavy atom. The van der Waals surface area contributed by atoms with Gasteiger partial charge in [-0.2, -0.15) is 0 Å². The molecule has 6 heteroatoms. The summed E-state index contributed by atoms with van der Waals surface area (Å²) in [5.41, 5.74) is 1.61. The van der Waals surface area contributed by atoms with Gasteiger partial charge in [0.05, 0.1) is 25.4 Å². The molecule has 0 bridgehead atoms. The zero-order valence-electron chi connectivity index (χ0n) is 13.5. The number of hydrogen-bond donors (Lipinski definition) is 1. The largest absolute Gasteiger partial charge is 0.497 e. The summed E-state index contributed by atoms with van der Waals surface area (Å²) in [6, 6.07) is 10.9. The number of hydrogen-bond acceptors (Lipinski definition) is 5. The zero-order chi connectivity index (χ0) is 16.9. The van der Waals surface area contributed by atoms with Crippen LogP contribution in [0.1, 0.15) is 11.5 Å². The van der Waals surface area contributed by atoms with Crippen LogP contribution in [0.25, 0.3) is 10.9 Å². The average Bonchev–Trinajstić information content (AvgIpc) is 3.11. The number of aryl methyl sites for hydroxylation is 1. The maximum atomic E-state index is 11.9. The van der Waals surface area contributed by atoms with E-state index in [2.05, 4.69) is 10.3 Å². The highest BCUT2D eigenvalue weighted by Crippen LogP contribution is 2.28. The van der Waals surface area contributed by atoms with Crippen molar-refractivity contribution in [3.8, 4) is 11.5 Å². The lowest BCUT2D eigenvalue weighted by molar-refractivity contribution is -0.123. The maximum Gasteiger partial charge on any atom is 0.258 e. The molecule has 0 spiro atoms. The van der Waals surface area contributed by atoms with Crippen molar-refractivity contribution in [2.24, 2.45) is 0 Å². The predicted molar refractivity (Wildman–Crippen MR) is 89.1 cm³/mol. The lowest BCUT2D eigenvalue weighted by Gasteiger charge is -2.11. The summed E-state index contributed by atoms with van der Waals surface area (Å²) in [7, 11) is 1.60. The van der Waals surface area contributed by atoms with Crippen molar-refractivity contribution in [2.45, 2.75) is 13.5 Å². The van der Waals surface area contributed by atoms with Crippen LogP contribution in [0.2, 0.25) is 0 Å². The fourth-order valence-corrected chi connectivity index (χ4v) is 2.34. The molecule has 2 heterocycles. The number of methoxy groups -OCH3 is 1. The smallest absolute Gasteiger partial charge is 0.258 e. The summed E-state index contributed by atoms with van der Waals surface area (Å²) in [5, 5.41) is 3.55. The van der Waals surface area contributed by atoms with Gasteiger partial charge in [0.2, 0.25) is 0 Å². The molecule has 0 aliphatic heterocycles. The Kier molecular flexibility index (Phi) is 4.65. The highest BCUT2D eigenvalue weighted by molar-refractivity contribution is 5.87. The summed E-state index contributed by atoms with van der Waals surface area (Å²) in [4.78, 5) is 16.4. The van der Waals surface area contributed by atoms with Gasteiger partial charge >= 0.3 is 0 Å². The van der Waals surface area contributed by atoms with Gasteiger partial charge in [0.25, 0.3) is 5.91 Å². The van der Waals surface area contributed by atoms with Gasteiger partial charge in [-0.3, -0.25) is 9.78 Å². The number of amides is 1. The molecule has 0 atom stereocenters. The Labute approximate surface area is 139 Å². The van der Waals surface area contributed by atoms with E-state index >= 15 is 0 Å². The quantitative estimate of drug-likeness (QED) is 0.754. The summed E-state index contributed by atoms with van der Waals surface area (Å²) in [5.74, 6) is 1.78. The van der Waals surface area contributed by atoms with Gasteiger partial charge in [-0.05, 0) is 37.3 Å². The van der Waals surface area contributed by atoms with Crippen LogP contribution >= 0.6 is 0 Å². The van der Waals surface area contributed by atoms with Crippen LogP contribution in [0.3, 0.4) is 0 Å². The Morgan fingerprint density at radius 3 is 2.92 bits per heavy atom. The number of benzene rings is 1. The van der Waals surface area contributed by atoms with E-state index in [1.54, 1.807) is 25.5 Å². The molecule has 1 aromatic carbocycles. The normalized spacial score (nSPS) is 10.6. The van der Waals surface area contributed by atoms with Crippen molar-refractivity contribution in [1.82, 2.24) is 10.3 Å². The first-order valence-electron chi connectivity index (χ1n) is 7.53. The van der Waals surface area contributed by atoms with Gasteiger partial charge in [0.1, 0.15) is 17.3 Å². The van der Waals surface area contributed by atoms with Crippen LogP contribution in [0, 0.1) is 6.92 Å². The standard InChI is InChI=1S/C18H18N2O4/c1-12-8-17(15-9-13(22-2)5-6-16(15)20-12)24-11-18(21)19-10-14-4-3-7-23-14/h3-9H,10-11H2,1-2H3,(H,19,21). The van der Waals surface area contributed by atoms with Gasteiger partial charge < -0.3 is 19.2 Å². The molecule has 1 amide bonds. The molecule has 6 nitrogen and oxygen atoms in total. The van der Waals surface area contributed by atoms with E-state index in [4.69, 9.17) is 13.9 Å². The first-order valence-corrected chi connectivity index (χ1v) is 7.53. The third kappa shape index (κ3) is 3.65. The highest BCUT2D eigenvalue weighted by atomic mass is 16.5. The third-order valence-corrected chi connectivity index (χ3v) is 3.50. The minimum atomic E-state index is -0.225. The molecule has 1 N–H and O–H groups in total. The van der Waals surface area contributed by atoms with Crippen molar-refractivity contribution >= 4 is 16.8 Å². The zero-order valence-corrected chi connectivity index (χ0v) is 13.5. The minimum Gasteiger partial charge on any atom is -0.497 e. The van der Waals surface area contributed by atoms with Gasteiger partial charge in [0, 0.05) is 17.1 Å². The van der Waals surface area contributed by atoms with Gasteiger partial charge in [-0.1, -0.05) is 0 Å². The molecule has 0 unspecified atom stereocenters. The molecule has 3 aromatic rings. The van der Waals surface area contributed by atoms with E-state index in [0.29, 0.717) is 23.8 Å². The molecular formula is C18H18N2O4. The van der Waals surface area contributed by atoms with E-state index in [-0.39, 0.29) is 12.5 Å². The Morgan fingerprint density at radius 1 is 1.29 bits per heavy atom. The first-order chi connectivity index (χ1) is 11.7. The number of furan rings is 1. The second kappa shape index (κ2) is 7.04. The number of nitrogens with zero attached hydrogens (tertiary/aromatic N) is 1. The number of ether oxygens (including phenoxy) is 2. The van der Waals surface area contributed by atoms with Crippen molar-refractivity contribution < 1.29 is 18.7 Å². The molecule has 24 heavy (non-hydrogen) atoms. The van der Waals surface area contributed by atoms with Crippen LogP contribution in [-0.2, 0) is 11.3 Å². The van der Waals surface area contributed by atoms with Crippen molar-refractivity contribution in [1.29, 1.82) is 0 Å². The van der Waals surface area contributed by atoms with E-state index in [9.17, 15) is 4.79 Å². The van der Waals surface area contributed by atoms with Crippen molar-refractivity contribution in [3.63, 3.8) is 0 Å². The first kappa shape index (κ1) is 15.9. The van der Waals surface area contributed by atoms with Crippen LogP contribution in [0.5, 0.6) is 11.5 Å². The van der Waals surface area contributed by atoms with Crippen LogP contribution < -0.4 is 14.8 Å². The van der Waals surface area contributed by atoms with Gasteiger partial charge in [0.15, 0.2) is 6.61 Å². The molecule has 0 aliphatic carbocycles. The molecule has 3 rings (SSSR count). The summed E-state index contributed by atoms with van der Waals surface area (Å²) >= 11 is 0. The van der Waals surface area contributed by atoms with Crippen molar-refractivity contribution in [2.75, 3.05) is 13.7 Å². The van der Waals surface area contributed by atoms with E-state index in [1.807, 2.05) is 31.2 Å². The van der Waals surface area contributed by atoms with Crippen LogP contribution in [0.15, 0.2) is 47.1 Å². The molecular weight excluding hydrogens is 308 g/mol. The number of aromatic nitrogens is 1. The Hall–Kier alpha value is -3.02. The second-order valence-corrected chi connectivity index (χ2v) is 5.29. The van der Waals surface area contributed by atoms with Crippen LogP contribution in [-0.4, -0.2) is 24.6 Å². The topological polar surface area (TPSA) is 73.6 Å². The highest BCUT2D eigenvalue weighted by Gasteiger charge is 2.09. The van der Waals surface area contributed by atoms with E-state index in [1.165, 1.54) is 0 Å². The van der Waals surface area contributed by atoms with Crippen molar-refractivity contribution in [3.05, 3.63) is 54.1 Å². The molecule has 0 fully saturated rings. The SMILES string of the molecule is COc1ccc2nc(C)cc(OCC(=O)NCc3ccco3)c2c1. The fourth-order valence-electron chi connectivity index (χ4n) is 2.34. The molecule has 0 radical (unpaired) electrons. The minimum absolute atomic E-state index is 0.0868. The van der Waals surface area contributed by atoms with Gasteiger partial charge in [-0.25, -0.2) is 0 Å². The number of carbonyl (C=O) groups is 1. The molecule has 0 aliphatic rings. The number of rotatable bonds is 6. The third-order valence-electron chi connectivity index (χ3n) is 3.50. The predicted octanol–water partition coefficient (Wildman–Crippen LogP) is 2.84. The number of nitrogens with one attached hydrogen (secondary N) is 1. The molecule has 2 aromatic heterocycles. The second-order valence-electron chi connectivity index (χ2n) is 5.29. The lowest BCUT2D eigenvalue weighted by Crippen LogP contribution is -2.28. The van der Waals surface area contributed by atoms with E-state index < -0.39 is 0 Å². The average molecular weight is 326 g/mol. The monoisotopic (exact) mass is 326 g/mol. The number of fused-ring (bicyclic) bond motifs is 1. The fraction of sp³-hybridized carbons (Fsp3) is 0.222. The van der Waals surface area contributed by atoms with Gasteiger partial charge in [-0.15, -0.1) is 0 Å². The summed E-state index contributed by atoms with van der Waals surface area (Å²) < 4.78 is 16.1. The van der Waals surface area contributed by atoms with Crippen LogP contribution in [0.4, 0.5) is 0 Å². The lowest BCUT2D eigenvalue weighted by atomic mass is 10.1. The maximum absolute atomic E-state index is 11.9. The Balaban J connectivity index is 1.70. The van der Waals surface area contributed by atoms with E-state index in [0.717, 1.165) is 16.6 Å². The molecule has 124 valence electrons. The Bertz CT molecular complexity index is 844. The molecule has 0 saturated heterocycles. The summed E-state index contributed by atoms with van der Waals surface area (Å²) in [6.45, 7) is 2.13. The number of carbonyl (C=O) groups excluding carboxylic acids is 1.